The molecule has 0 aliphatic heterocycles. The Balaban J connectivity index is 2.96. The maximum Gasteiger partial charge on any atom is 0.141 e. The summed E-state index contributed by atoms with van der Waals surface area (Å²) in [6.07, 6.45) is 0. The van der Waals surface area contributed by atoms with E-state index in [1.807, 2.05) is 0 Å². The fourth-order valence-corrected chi connectivity index (χ4v) is 1.03. The van der Waals surface area contributed by atoms with E-state index < -0.39 is 5.82 Å². The van der Waals surface area contributed by atoms with Crippen molar-refractivity contribution in [2.45, 2.75) is 6.92 Å². The summed E-state index contributed by atoms with van der Waals surface area (Å²) < 4.78 is 12.7. The van der Waals surface area contributed by atoms with Gasteiger partial charge in [-0.15, -0.1) is 0 Å². The van der Waals surface area contributed by atoms with Crippen molar-refractivity contribution in [2.24, 2.45) is 0 Å². The number of aliphatic hydroxyl groups is 1. The minimum Gasteiger partial charge on any atom is -0.395 e. The van der Waals surface area contributed by atoms with E-state index in [1.165, 1.54) is 12.1 Å². The Labute approximate surface area is 75.8 Å². The second-order valence-electron chi connectivity index (χ2n) is 2.57. The lowest BCUT2D eigenvalue weighted by Crippen LogP contribution is -1.99. The van der Waals surface area contributed by atoms with Gasteiger partial charge < -0.3 is 5.11 Å². The molecule has 0 bridgehead atoms. The summed E-state index contributed by atoms with van der Waals surface area (Å²) in [7, 11) is 0. The van der Waals surface area contributed by atoms with Gasteiger partial charge in [-0.2, -0.15) is 0 Å². The average molecular weight is 188 g/mol. The standard InChI is InChI=1S/C9H9ClFO/c1-6(5-12)7-2-3-9(11)8(10)4-7/h2-4,12H,5H2,1H3. The lowest BCUT2D eigenvalue weighted by Gasteiger charge is -2.07. The van der Waals surface area contributed by atoms with Crippen LogP contribution in [0.1, 0.15) is 12.5 Å². The smallest absolute Gasteiger partial charge is 0.141 e. The van der Waals surface area contributed by atoms with Crippen LogP contribution < -0.4 is 0 Å². The van der Waals surface area contributed by atoms with E-state index in [1.54, 1.807) is 13.0 Å². The number of halogens is 2. The molecule has 0 saturated heterocycles. The Kier molecular flexibility index (Phi) is 3.06. The zero-order valence-electron chi connectivity index (χ0n) is 6.64. The van der Waals surface area contributed by atoms with E-state index in [-0.39, 0.29) is 11.6 Å². The quantitative estimate of drug-likeness (QED) is 0.754. The van der Waals surface area contributed by atoms with Crippen molar-refractivity contribution in [2.75, 3.05) is 6.61 Å². The molecule has 0 fully saturated rings. The highest BCUT2D eigenvalue weighted by molar-refractivity contribution is 6.30. The zero-order chi connectivity index (χ0) is 9.14. The first kappa shape index (κ1) is 9.49. The number of hydrogen-bond donors (Lipinski definition) is 1. The molecule has 0 unspecified atom stereocenters. The maximum absolute atomic E-state index is 12.7. The highest BCUT2D eigenvalue weighted by Crippen LogP contribution is 2.20. The minimum atomic E-state index is -0.439. The van der Waals surface area contributed by atoms with Crippen LogP contribution >= 0.6 is 11.6 Å². The molecule has 3 heteroatoms. The summed E-state index contributed by atoms with van der Waals surface area (Å²) >= 11 is 5.54. The largest absolute Gasteiger partial charge is 0.395 e. The van der Waals surface area contributed by atoms with Crippen LogP contribution in [0.25, 0.3) is 0 Å². The molecule has 0 heterocycles. The summed E-state index contributed by atoms with van der Waals surface area (Å²) in [6.45, 7) is 1.73. The molecule has 0 aliphatic rings. The number of aliphatic hydroxyl groups excluding tert-OH is 1. The molecule has 0 atom stereocenters. The van der Waals surface area contributed by atoms with Gasteiger partial charge in [-0.1, -0.05) is 24.6 Å². The monoisotopic (exact) mass is 187 g/mol. The third-order valence-corrected chi connectivity index (χ3v) is 1.94. The molecule has 65 valence electrons. The van der Waals surface area contributed by atoms with Crippen molar-refractivity contribution >= 4 is 11.6 Å². The third-order valence-electron chi connectivity index (χ3n) is 1.65. The van der Waals surface area contributed by atoms with E-state index >= 15 is 0 Å². The average Bonchev–Trinajstić information content (AvgIpc) is 2.08. The normalized spacial score (nSPS) is 10.8. The Morgan fingerprint density at radius 2 is 2.25 bits per heavy atom. The van der Waals surface area contributed by atoms with Crippen LogP contribution in [0.4, 0.5) is 4.39 Å². The SMILES string of the molecule is C[C](CO)c1ccc(F)c(Cl)c1. The predicted molar refractivity (Wildman–Crippen MR) is 46.5 cm³/mol. The fraction of sp³-hybridized carbons (Fsp3) is 0.222. The molecule has 1 N–H and O–H groups in total. The van der Waals surface area contributed by atoms with Crippen LogP contribution in [0.15, 0.2) is 18.2 Å². The number of benzene rings is 1. The Bertz CT molecular complexity index is 275. The number of hydrogen-bond acceptors (Lipinski definition) is 1. The maximum atomic E-state index is 12.7. The molecule has 12 heavy (non-hydrogen) atoms. The van der Waals surface area contributed by atoms with Crippen LogP contribution in [0.2, 0.25) is 5.02 Å². The van der Waals surface area contributed by atoms with Gasteiger partial charge in [0.2, 0.25) is 0 Å². The zero-order valence-corrected chi connectivity index (χ0v) is 7.40. The van der Waals surface area contributed by atoms with Gasteiger partial charge in [0.15, 0.2) is 0 Å². The lowest BCUT2D eigenvalue weighted by atomic mass is 10.0. The third kappa shape index (κ3) is 1.96. The molecule has 1 radical (unpaired) electrons. The molecule has 0 aromatic heterocycles. The molecule has 1 nitrogen and oxygen atoms in total. The van der Waals surface area contributed by atoms with E-state index in [2.05, 4.69) is 0 Å². The Morgan fingerprint density at radius 3 is 2.75 bits per heavy atom. The molecule has 1 aromatic carbocycles. The topological polar surface area (TPSA) is 20.2 Å². The second kappa shape index (κ2) is 3.87. The van der Waals surface area contributed by atoms with Gasteiger partial charge in [0, 0.05) is 5.92 Å². The first-order valence-electron chi connectivity index (χ1n) is 3.54. The first-order chi connectivity index (χ1) is 5.65. The van der Waals surface area contributed by atoms with E-state index in [0.29, 0.717) is 0 Å². The van der Waals surface area contributed by atoms with Crippen molar-refractivity contribution in [3.8, 4) is 0 Å². The van der Waals surface area contributed by atoms with E-state index in [4.69, 9.17) is 16.7 Å². The van der Waals surface area contributed by atoms with Gasteiger partial charge in [0.05, 0.1) is 11.6 Å². The van der Waals surface area contributed by atoms with Crippen LogP contribution in [-0.2, 0) is 0 Å². The highest BCUT2D eigenvalue weighted by Gasteiger charge is 2.06. The minimum absolute atomic E-state index is 0.0397. The van der Waals surface area contributed by atoms with Crippen molar-refractivity contribution in [1.82, 2.24) is 0 Å². The molecule has 1 rings (SSSR count). The van der Waals surface area contributed by atoms with Crippen LogP contribution in [-0.4, -0.2) is 11.7 Å². The first-order valence-corrected chi connectivity index (χ1v) is 3.91. The molecule has 0 amide bonds. The summed E-state index contributed by atoms with van der Waals surface area (Å²) in [5, 5.41) is 8.86. The molecular weight excluding hydrogens is 179 g/mol. The van der Waals surface area contributed by atoms with Crippen molar-refractivity contribution < 1.29 is 9.50 Å². The Morgan fingerprint density at radius 1 is 1.58 bits per heavy atom. The highest BCUT2D eigenvalue weighted by atomic mass is 35.5. The van der Waals surface area contributed by atoms with Crippen molar-refractivity contribution in [1.29, 1.82) is 0 Å². The molecule has 0 aliphatic carbocycles. The second-order valence-corrected chi connectivity index (χ2v) is 2.97. The van der Waals surface area contributed by atoms with E-state index in [0.717, 1.165) is 11.5 Å². The summed E-state index contributed by atoms with van der Waals surface area (Å²) in [6, 6.07) is 4.38. The van der Waals surface area contributed by atoms with Gasteiger partial charge in [-0.3, -0.25) is 0 Å². The van der Waals surface area contributed by atoms with Crippen LogP contribution in [0.3, 0.4) is 0 Å². The molecular formula is C9H9ClFO. The molecule has 0 spiro atoms. The van der Waals surface area contributed by atoms with Gasteiger partial charge in [-0.25, -0.2) is 4.39 Å². The number of rotatable bonds is 2. The fourth-order valence-electron chi connectivity index (χ4n) is 0.853. The van der Waals surface area contributed by atoms with Crippen LogP contribution in [0.5, 0.6) is 0 Å². The van der Waals surface area contributed by atoms with Gasteiger partial charge in [0.1, 0.15) is 5.82 Å². The molecule has 0 saturated carbocycles. The van der Waals surface area contributed by atoms with Gasteiger partial charge in [0.25, 0.3) is 0 Å². The Hall–Kier alpha value is -0.600. The summed E-state index contributed by atoms with van der Waals surface area (Å²) in [5.41, 5.74) is 0.768. The molecule has 1 aromatic rings. The predicted octanol–water partition coefficient (Wildman–Crippen LogP) is 2.41. The van der Waals surface area contributed by atoms with Gasteiger partial charge >= 0.3 is 0 Å². The van der Waals surface area contributed by atoms with E-state index in [9.17, 15) is 4.39 Å². The lowest BCUT2D eigenvalue weighted by molar-refractivity contribution is 0.315. The van der Waals surface area contributed by atoms with Gasteiger partial charge in [-0.05, 0) is 17.7 Å². The summed E-state index contributed by atoms with van der Waals surface area (Å²) in [4.78, 5) is 0. The van der Waals surface area contributed by atoms with Crippen molar-refractivity contribution in [3.63, 3.8) is 0 Å². The van der Waals surface area contributed by atoms with Crippen molar-refractivity contribution in [3.05, 3.63) is 40.5 Å². The van der Waals surface area contributed by atoms with Crippen LogP contribution in [0, 0.1) is 11.7 Å². The summed E-state index contributed by atoms with van der Waals surface area (Å²) in [5.74, 6) is 0.336.